The molecule has 0 spiro atoms. The number of rotatable bonds is 7. The van der Waals surface area contributed by atoms with Crippen molar-refractivity contribution in [3.8, 4) is 0 Å². The lowest BCUT2D eigenvalue weighted by Crippen LogP contribution is -2.39. The van der Waals surface area contributed by atoms with Crippen LogP contribution in [0.1, 0.15) is 24.0 Å². The number of carbonyl (C=O) groups excluding carboxylic acids is 2. The molecule has 1 amide bonds. The number of amides is 1. The zero-order valence-corrected chi connectivity index (χ0v) is 17.7. The van der Waals surface area contributed by atoms with E-state index in [4.69, 9.17) is 27.9 Å². The molecule has 2 heterocycles. The summed E-state index contributed by atoms with van der Waals surface area (Å²) in [7, 11) is 0. The van der Waals surface area contributed by atoms with Crippen LogP contribution in [-0.2, 0) is 20.9 Å². The van der Waals surface area contributed by atoms with Crippen molar-refractivity contribution < 1.29 is 14.3 Å². The third-order valence-electron chi connectivity index (χ3n) is 4.29. The number of halogens is 2. The van der Waals surface area contributed by atoms with Crippen molar-refractivity contribution in [3.63, 3.8) is 0 Å². The molecular weight excluding hydrogens is 425 g/mol. The molecule has 1 unspecified atom stereocenters. The van der Waals surface area contributed by atoms with Crippen LogP contribution in [0, 0.1) is 0 Å². The Kier molecular flexibility index (Phi) is 7.38. The Balaban J connectivity index is 2.01. The molecule has 0 saturated heterocycles. The molecule has 3 rings (SSSR count). The Morgan fingerprint density at radius 1 is 1.03 bits per heavy atom. The lowest BCUT2D eigenvalue weighted by molar-refractivity contribution is -0.147. The van der Waals surface area contributed by atoms with Crippen molar-refractivity contribution in [1.82, 2.24) is 9.97 Å². The normalized spacial score (nSPS) is 11.6. The lowest BCUT2D eigenvalue weighted by atomic mass is 9.97. The number of aromatic nitrogens is 2. The third-order valence-corrected chi connectivity index (χ3v) is 4.77. The molecule has 0 saturated carbocycles. The number of hydrogen-bond donors (Lipinski definition) is 0. The van der Waals surface area contributed by atoms with Gasteiger partial charge in [-0.1, -0.05) is 47.5 Å². The summed E-state index contributed by atoms with van der Waals surface area (Å²) in [4.78, 5) is 36.2. The number of esters is 1. The van der Waals surface area contributed by atoms with Crippen LogP contribution in [-0.4, -0.2) is 28.5 Å². The van der Waals surface area contributed by atoms with E-state index in [9.17, 15) is 9.59 Å². The summed E-state index contributed by atoms with van der Waals surface area (Å²) in [5, 5.41) is 0.850. The van der Waals surface area contributed by atoms with Gasteiger partial charge >= 0.3 is 5.97 Å². The second-order valence-electron chi connectivity index (χ2n) is 6.34. The van der Waals surface area contributed by atoms with Crippen molar-refractivity contribution in [2.75, 3.05) is 11.5 Å². The van der Waals surface area contributed by atoms with Crippen LogP contribution in [0.4, 0.5) is 5.82 Å². The quantitative estimate of drug-likeness (QED) is 0.301. The fraction of sp³-hybridized carbons (Fsp3) is 0.182. The van der Waals surface area contributed by atoms with Crippen LogP contribution >= 0.6 is 23.2 Å². The molecular formula is C22H19Cl2N3O3. The fourth-order valence-electron chi connectivity index (χ4n) is 2.88. The Morgan fingerprint density at radius 3 is 2.40 bits per heavy atom. The standard InChI is InChI=1S/C22H19Cl2N3O3/c1-2-30-22(29)20(16-7-9-17(23)10-8-16)21(28)27(19-5-3-4-12-25-19)14-15-6-11-18(24)26-13-15/h3-13,20H,2,14H2,1H3. The van der Waals surface area contributed by atoms with Gasteiger partial charge in [-0.3, -0.25) is 14.5 Å². The molecule has 8 heteroatoms. The van der Waals surface area contributed by atoms with Crippen LogP contribution in [0.15, 0.2) is 67.0 Å². The van der Waals surface area contributed by atoms with Gasteiger partial charge in [0, 0.05) is 17.4 Å². The molecule has 1 aromatic carbocycles. The summed E-state index contributed by atoms with van der Waals surface area (Å²) in [5.74, 6) is -1.87. The molecule has 154 valence electrons. The van der Waals surface area contributed by atoms with E-state index in [0.29, 0.717) is 21.6 Å². The van der Waals surface area contributed by atoms with Crippen LogP contribution in [0.25, 0.3) is 0 Å². The maximum Gasteiger partial charge on any atom is 0.323 e. The summed E-state index contributed by atoms with van der Waals surface area (Å²) < 4.78 is 5.19. The minimum absolute atomic E-state index is 0.154. The van der Waals surface area contributed by atoms with Crippen molar-refractivity contribution in [3.05, 3.63) is 88.3 Å². The fourth-order valence-corrected chi connectivity index (χ4v) is 3.12. The van der Waals surface area contributed by atoms with Gasteiger partial charge in [-0.05, 0) is 48.4 Å². The highest BCUT2D eigenvalue weighted by molar-refractivity contribution is 6.30. The maximum absolute atomic E-state index is 13.6. The van der Waals surface area contributed by atoms with Gasteiger partial charge < -0.3 is 4.74 Å². The van der Waals surface area contributed by atoms with Crippen LogP contribution in [0.2, 0.25) is 10.2 Å². The van der Waals surface area contributed by atoms with Gasteiger partial charge in [0.05, 0.1) is 13.2 Å². The SMILES string of the molecule is CCOC(=O)C(C(=O)N(Cc1ccc(Cl)nc1)c1ccccn1)c1ccc(Cl)cc1. The minimum Gasteiger partial charge on any atom is -0.465 e. The summed E-state index contributed by atoms with van der Waals surface area (Å²) in [6.07, 6.45) is 3.16. The summed E-state index contributed by atoms with van der Waals surface area (Å²) >= 11 is 11.8. The van der Waals surface area contributed by atoms with E-state index in [1.165, 1.54) is 4.90 Å². The van der Waals surface area contributed by atoms with E-state index in [1.54, 1.807) is 73.9 Å². The van der Waals surface area contributed by atoms with E-state index < -0.39 is 17.8 Å². The molecule has 0 fully saturated rings. The van der Waals surface area contributed by atoms with E-state index >= 15 is 0 Å². The number of carbonyl (C=O) groups is 2. The molecule has 30 heavy (non-hydrogen) atoms. The first-order chi connectivity index (χ1) is 14.5. The van der Waals surface area contributed by atoms with Gasteiger partial charge in [0.2, 0.25) is 5.91 Å². The second kappa shape index (κ2) is 10.2. The number of ether oxygens (including phenoxy) is 1. The van der Waals surface area contributed by atoms with E-state index in [-0.39, 0.29) is 13.2 Å². The molecule has 0 bridgehead atoms. The Morgan fingerprint density at radius 2 is 1.80 bits per heavy atom. The summed E-state index contributed by atoms with van der Waals surface area (Å²) in [5.41, 5.74) is 1.22. The number of hydrogen-bond acceptors (Lipinski definition) is 5. The van der Waals surface area contributed by atoms with E-state index in [0.717, 1.165) is 5.56 Å². The monoisotopic (exact) mass is 443 g/mol. The van der Waals surface area contributed by atoms with Crippen LogP contribution < -0.4 is 4.90 Å². The first-order valence-corrected chi connectivity index (χ1v) is 10.00. The maximum atomic E-state index is 13.6. The van der Waals surface area contributed by atoms with Crippen molar-refractivity contribution in [2.45, 2.75) is 19.4 Å². The molecule has 0 aliphatic rings. The predicted molar refractivity (Wildman–Crippen MR) is 116 cm³/mol. The average molecular weight is 444 g/mol. The van der Waals surface area contributed by atoms with Gasteiger partial charge in [-0.25, -0.2) is 9.97 Å². The van der Waals surface area contributed by atoms with Crippen molar-refractivity contribution in [2.24, 2.45) is 0 Å². The predicted octanol–water partition coefficient (Wildman–Crippen LogP) is 4.66. The lowest BCUT2D eigenvalue weighted by Gasteiger charge is -2.26. The molecule has 1 atom stereocenters. The highest BCUT2D eigenvalue weighted by Gasteiger charge is 2.35. The van der Waals surface area contributed by atoms with Crippen LogP contribution in [0.3, 0.4) is 0 Å². The largest absolute Gasteiger partial charge is 0.465 e. The first kappa shape index (κ1) is 21.7. The smallest absolute Gasteiger partial charge is 0.323 e. The Hall–Kier alpha value is -2.96. The second-order valence-corrected chi connectivity index (χ2v) is 7.16. The highest BCUT2D eigenvalue weighted by atomic mass is 35.5. The minimum atomic E-state index is -1.16. The third kappa shape index (κ3) is 5.34. The van der Waals surface area contributed by atoms with Crippen molar-refractivity contribution >= 4 is 40.9 Å². The zero-order chi connectivity index (χ0) is 21.5. The molecule has 6 nitrogen and oxygen atoms in total. The molecule has 0 N–H and O–H groups in total. The molecule has 0 radical (unpaired) electrons. The summed E-state index contributed by atoms with van der Waals surface area (Å²) in [6, 6.07) is 15.2. The van der Waals surface area contributed by atoms with Gasteiger partial charge in [-0.2, -0.15) is 0 Å². The van der Waals surface area contributed by atoms with Gasteiger partial charge in [0.1, 0.15) is 11.0 Å². The molecule has 0 aliphatic heterocycles. The number of anilines is 1. The van der Waals surface area contributed by atoms with Gasteiger partial charge in [0.15, 0.2) is 5.92 Å². The number of pyridine rings is 2. The van der Waals surface area contributed by atoms with Crippen LogP contribution in [0.5, 0.6) is 0 Å². The summed E-state index contributed by atoms with van der Waals surface area (Å²) in [6.45, 7) is 2.00. The van der Waals surface area contributed by atoms with Gasteiger partial charge in [-0.15, -0.1) is 0 Å². The average Bonchev–Trinajstić information content (AvgIpc) is 2.75. The van der Waals surface area contributed by atoms with Crippen molar-refractivity contribution in [1.29, 1.82) is 0 Å². The Bertz CT molecular complexity index is 996. The topological polar surface area (TPSA) is 72.4 Å². The molecule has 0 aliphatic carbocycles. The number of nitrogens with zero attached hydrogens (tertiary/aromatic N) is 3. The number of benzene rings is 1. The highest BCUT2D eigenvalue weighted by Crippen LogP contribution is 2.26. The first-order valence-electron chi connectivity index (χ1n) is 9.24. The molecule has 2 aromatic heterocycles. The van der Waals surface area contributed by atoms with Gasteiger partial charge in [0.25, 0.3) is 0 Å². The Labute approximate surface area is 184 Å². The molecule has 3 aromatic rings. The zero-order valence-electron chi connectivity index (χ0n) is 16.2. The van der Waals surface area contributed by atoms with E-state index in [1.807, 2.05) is 0 Å². The van der Waals surface area contributed by atoms with E-state index in [2.05, 4.69) is 9.97 Å².